The predicted molar refractivity (Wildman–Crippen MR) is 55.1 cm³/mol. The number of rotatable bonds is 1. The van der Waals surface area contributed by atoms with Crippen LogP contribution in [0.4, 0.5) is 92.2 Å². The smallest absolute Gasteiger partial charge is 0.221 e. The molecule has 2 rings (SSSR count). The number of halogens is 21. The van der Waals surface area contributed by atoms with Gasteiger partial charge in [-0.15, -0.1) is 4.90 Å². The van der Waals surface area contributed by atoms with Crippen molar-refractivity contribution in [1.82, 2.24) is 4.90 Å². The summed E-state index contributed by atoms with van der Waals surface area (Å²) in [6.07, 6.45) is -8.63. The molecule has 0 aromatic heterocycles. The van der Waals surface area contributed by atoms with Crippen LogP contribution in [-0.4, -0.2) is 70.2 Å². The first kappa shape index (κ1) is 27.7. The summed E-state index contributed by atoms with van der Waals surface area (Å²) in [7, 11) is 0. The number of likely N-dealkylation sites (tertiary alicyclic amines) is 1. The van der Waals surface area contributed by atoms with Crippen LogP contribution in [0.15, 0.2) is 0 Å². The lowest BCUT2D eigenvalue weighted by molar-refractivity contribution is -0.536. The highest BCUT2D eigenvalue weighted by molar-refractivity contribution is 5.34. The number of nitrogens with zero attached hydrogens (tertiary/aromatic N) is 1. The Morgan fingerprint density at radius 1 is 0.364 bits per heavy atom. The Morgan fingerprint density at radius 3 is 0.909 bits per heavy atom. The molecular formula is C11F21N. The van der Waals surface area contributed by atoms with Crippen LogP contribution in [0.3, 0.4) is 0 Å². The van der Waals surface area contributed by atoms with Gasteiger partial charge in [-0.2, -0.15) is 83.4 Å². The molecule has 1 nitrogen and oxygen atoms in total. The van der Waals surface area contributed by atoms with Crippen LogP contribution in [0.1, 0.15) is 0 Å². The topological polar surface area (TPSA) is 3.24 Å². The van der Waals surface area contributed by atoms with Gasteiger partial charge in [0, 0.05) is 0 Å². The Morgan fingerprint density at radius 2 is 0.636 bits per heavy atom. The fourth-order valence-corrected chi connectivity index (χ4v) is 3.13. The molecule has 1 saturated carbocycles. The van der Waals surface area contributed by atoms with Crippen molar-refractivity contribution in [3.8, 4) is 0 Å². The molecule has 196 valence electrons. The fraction of sp³-hybridized carbons (Fsp3) is 1.00. The Bertz CT molecular complexity index is 812. The van der Waals surface area contributed by atoms with Gasteiger partial charge >= 0.3 is 59.5 Å². The molecule has 2 aliphatic rings. The number of hydrogen-bond donors (Lipinski definition) is 0. The molecule has 0 aromatic carbocycles. The normalized spacial score (nSPS) is 39.9. The van der Waals surface area contributed by atoms with Crippen molar-refractivity contribution in [1.29, 1.82) is 0 Å². The lowest BCUT2D eigenvalue weighted by Crippen LogP contribution is -2.92. The van der Waals surface area contributed by atoms with Crippen molar-refractivity contribution in [2.75, 3.05) is 0 Å². The lowest BCUT2D eigenvalue weighted by Gasteiger charge is -2.58. The van der Waals surface area contributed by atoms with Crippen LogP contribution in [0, 0.1) is 0 Å². The van der Waals surface area contributed by atoms with Crippen molar-refractivity contribution < 1.29 is 92.2 Å². The number of hydrogen-bond acceptors (Lipinski definition) is 1. The first-order valence-corrected chi connectivity index (χ1v) is 7.14. The third-order valence-electron chi connectivity index (χ3n) is 4.90. The molecule has 0 amide bonds. The van der Waals surface area contributed by atoms with Gasteiger partial charge in [0.15, 0.2) is 0 Å². The summed E-state index contributed by atoms with van der Waals surface area (Å²) in [4.78, 5) is -4.91. The molecule has 1 aliphatic heterocycles. The first-order chi connectivity index (χ1) is 13.9. The molecule has 1 aliphatic carbocycles. The molecule has 0 spiro atoms. The molecule has 33 heavy (non-hydrogen) atoms. The minimum atomic E-state index is -9.14. The maximum atomic E-state index is 14.8. The second-order valence-corrected chi connectivity index (χ2v) is 6.64. The maximum Gasteiger partial charge on any atom is 0.433 e. The molecule has 2 unspecified atom stereocenters. The highest BCUT2D eigenvalue weighted by Crippen LogP contribution is 2.77. The third kappa shape index (κ3) is 2.18. The zero-order valence-electron chi connectivity index (χ0n) is 13.9. The van der Waals surface area contributed by atoms with Gasteiger partial charge in [-0.3, -0.25) is 0 Å². The van der Waals surface area contributed by atoms with Gasteiger partial charge in [-0.05, 0) is 0 Å². The fourth-order valence-electron chi connectivity index (χ4n) is 3.13. The Labute approximate surface area is 164 Å². The van der Waals surface area contributed by atoms with E-state index in [0.717, 1.165) is 0 Å². The van der Waals surface area contributed by atoms with E-state index in [1.807, 2.05) is 0 Å². The standard InChI is InChI=1S/C11F21N/c12-1(9(26,27)28)2(13,14)3(15,16)4(17,18)5(19,20)8(1,25)33-10(29,30)6(21,22)7(23,24)11(33,31)32. The SMILES string of the molecule is FC(F)(F)C1(F)C(F)(F)C(F)(F)C(F)(F)C(F)(F)C1(F)N1C(F)(F)C(F)(F)C(F)(F)C1(F)F. The van der Waals surface area contributed by atoms with Crippen LogP contribution in [0.25, 0.3) is 0 Å². The average Bonchev–Trinajstić information content (AvgIpc) is 2.63. The summed E-state index contributed by atoms with van der Waals surface area (Å²) in [5.41, 5.74) is -9.08. The van der Waals surface area contributed by atoms with E-state index < -0.39 is 70.2 Å². The van der Waals surface area contributed by atoms with E-state index in [0.29, 0.717) is 0 Å². The average molecular weight is 545 g/mol. The van der Waals surface area contributed by atoms with Gasteiger partial charge in [-0.25, -0.2) is 8.78 Å². The van der Waals surface area contributed by atoms with E-state index in [1.165, 1.54) is 0 Å². The highest BCUT2D eigenvalue weighted by atomic mass is 19.4. The molecule has 0 radical (unpaired) electrons. The largest absolute Gasteiger partial charge is 0.433 e. The second kappa shape index (κ2) is 5.82. The molecule has 22 heteroatoms. The monoisotopic (exact) mass is 545 g/mol. The van der Waals surface area contributed by atoms with E-state index in [-0.39, 0.29) is 0 Å². The van der Waals surface area contributed by atoms with Crippen molar-refractivity contribution in [2.45, 2.75) is 65.3 Å². The van der Waals surface area contributed by atoms with Crippen LogP contribution >= 0.6 is 0 Å². The van der Waals surface area contributed by atoms with Gasteiger partial charge < -0.3 is 0 Å². The van der Waals surface area contributed by atoms with Gasteiger partial charge in [0.05, 0.1) is 0 Å². The van der Waals surface area contributed by atoms with E-state index in [1.54, 1.807) is 0 Å². The summed E-state index contributed by atoms with van der Waals surface area (Å²) in [6, 6.07) is -16.6. The highest BCUT2D eigenvalue weighted by Gasteiger charge is 3.10. The molecular weight excluding hydrogens is 545 g/mol. The predicted octanol–water partition coefficient (Wildman–Crippen LogP) is 6.25. The van der Waals surface area contributed by atoms with Crippen LogP contribution in [-0.2, 0) is 0 Å². The van der Waals surface area contributed by atoms with Gasteiger partial charge in [0.1, 0.15) is 0 Å². The molecule has 1 saturated heterocycles. The molecule has 1 heterocycles. The van der Waals surface area contributed by atoms with Gasteiger partial charge in [-0.1, -0.05) is 0 Å². The van der Waals surface area contributed by atoms with E-state index in [2.05, 4.69) is 0 Å². The summed E-state index contributed by atoms with van der Waals surface area (Å²) in [6.45, 7) is 0. The maximum absolute atomic E-state index is 14.8. The molecule has 0 aromatic rings. The van der Waals surface area contributed by atoms with Gasteiger partial charge in [0.25, 0.3) is 5.79 Å². The van der Waals surface area contributed by atoms with Crippen LogP contribution in [0.5, 0.6) is 0 Å². The third-order valence-corrected chi connectivity index (χ3v) is 4.90. The quantitative estimate of drug-likeness (QED) is 0.279. The molecule has 0 bridgehead atoms. The van der Waals surface area contributed by atoms with Crippen LogP contribution in [0.2, 0.25) is 0 Å². The zero-order chi connectivity index (χ0) is 27.1. The van der Waals surface area contributed by atoms with Crippen molar-refractivity contribution in [2.24, 2.45) is 0 Å². The van der Waals surface area contributed by atoms with Gasteiger partial charge in [0.2, 0.25) is 0 Å². The van der Waals surface area contributed by atoms with E-state index in [9.17, 15) is 92.2 Å². The summed E-state index contributed by atoms with van der Waals surface area (Å²) in [5, 5.41) is 0. The lowest BCUT2D eigenvalue weighted by atomic mass is 9.68. The number of alkyl halides is 21. The summed E-state index contributed by atoms with van der Waals surface area (Å²) < 4.78 is 283. The van der Waals surface area contributed by atoms with Crippen molar-refractivity contribution in [3.05, 3.63) is 0 Å². The molecule has 0 N–H and O–H groups in total. The Kier molecular flexibility index (Phi) is 4.89. The van der Waals surface area contributed by atoms with Crippen LogP contribution < -0.4 is 0 Å². The summed E-state index contributed by atoms with van der Waals surface area (Å²) in [5.74, 6) is -60.0. The Hall–Kier alpha value is -1.51. The minimum absolute atomic E-state index is 4.91. The van der Waals surface area contributed by atoms with E-state index >= 15 is 0 Å². The first-order valence-electron chi connectivity index (χ1n) is 7.14. The van der Waals surface area contributed by atoms with Crippen molar-refractivity contribution in [3.63, 3.8) is 0 Å². The second-order valence-electron chi connectivity index (χ2n) is 6.64. The zero-order valence-corrected chi connectivity index (χ0v) is 13.9. The van der Waals surface area contributed by atoms with E-state index in [4.69, 9.17) is 0 Å². The molecule has 2 fully saturated rings. The van der Waals surface area contributed by atoms with Crippen molar-refractivity contribution >= 4 is 0 Å². The minimum Gasteiger partial charge on any atom is -0.221 e. The molecule has 2 atom stereocenters. The summed E-state index contributed by atoms with van der Waals surface area (Å²) >= 11 is 0. The Balaban J connectivity index is 3.25.